The number of amides is 1. The Bertz CT molecular complexity index is 1170. The molecule has 0 aliphatic carbocycles. The lowest BCUT2D eigenvalue weighted by Crippen LogP contribution is -2.12. The van der Waals surface area contributed by atoms with E-state index in [1.54, 1.807) is 12.1 Å². The largest absolute Gasteiger partial charge is 0.424 e. The van der Waals surface area contributed by atoms with Crippen molar-refractivity contribution < 1.29 is 9.53 Å². The number of carbonyl (C=O) groups is 1. The molecular formula is C20H14Cl2N4O2. The van der Waals surface area contributed by atoms with Gasteiger partial charge in [-0.2, -0.15) is 0 Å². The summed E-state index contributed by atoms with van der Waals surface area (Å²) < 4.78 is 7.72. The molecule has 2 heterocycles. The third kappa shape index (κ3) is 3.78. The molecule has 4 rings (SSSR count). The zero-order chi connectivity index (χ0) is 19.7. The Labute approximate surface area is 170 Å². The maximum Gasteiger partial charge on any atom is 0.322 e. The Morgan fingerprint density at radius 2 is 1.82 bits per heavy atom. The number of hydrogen-bond acceptors (Lipinski definition) is 4. The van der Waals surface area contributed by atoms with Crippen molar-refractivity contribution in [1.82, 2.24) is 14.5 Å². The number of ether oxygens (including phenoxy) is 1. The Hall–Kier alpha value is -3.09. The molecular weight excluding hydrogens is 399 g/mol. The molecule has 8 heteroatoms. The Balaban J connectivity index is 1.45. The third-order valence-corrected chi connectivity index (χ3v) is 4.87. The second-order valence-electron chi connectivity index (χ2n) is 6.09. The molecule has 0 aliphatic heterocycles. The summed E-state index contributed by atoms with van der Waals surface area (Å²) in [4.78, 5) is 20.6. The molecule has 0 saturated carbocycles. The normalized spacial score (nSPS) is 10.8. The van der Waals surface area contributed by atoms with Crippen LogP contribution in [0.25, 0.3) is 10.9 Å². The van der Waals surface area contributed by atoms with Crippen molar-refractivity contribution in [2.75, 3.05) is 5.32 Å². The van der Waals surface area contributed by atoms with Crippen LogP contribution in [0, 0.1) is 0 Å². The molecule has 1 amide bonds. The van der Waals surface area contributed by atoms with E-state index in [9.17, 15) is 4.79 Å². The van der Waals surface area contributed by atoms with Crippen molar-refractivity contribution in [3.05, 3.63) is 76.7 Å². The number of anilines is 1. The van der Waals surface area contributed by atoms with Gasteiger partial charge >= 0.3 is 6.01 Å². The number of hydrogen-bond donors (Lipinski definition) is 1. The van der Waals surface area contributed by atoms with Gasteiger partial charge in [-0.3, -0.25) is 4.79 Å². The second kappa shape index (κ2) is 7.50. The second-order valence-corrected chi connectivity index (χ2v) is 6.90. The van der Waals surface area contributed by atoms with Crippen LogP contribution in [0.3, 0.4) is 0 Å². The smallest absolute Gasteiger partial charge is 0.322 e. The molecule has 140 valence electrons. The summed E-state index contributed by atoms with van der Waals surface area (Å²) >= 11 is 11.8. The van der Waals surface area contributed by atoms with Crippen molar-refractivity contribution >= 4 is 45.7 Å². The monoisotopic (exact) mass is 412 g/mol. The number of aromatic nitrogens is 3. The van der Waals surface area contributed by atoms with Gasteiger partial charge in [0.1, 0.15) is 5.75 Å². The average molecular weight is 413 g/mol. The first kappa shape index (κ1) is 18.3. The predicted molar refractivity (Wildman–Crippen MR) is 109 cm³/mol. The van der Waals surface area contributed by atoms with Gasteiger partial charge in [0.05, 0.1) is 28.1 Å². The lowest BCUT2D eigenvalue weighted by Gasteiger charge is -2.07. The minimum absolute atomic E-state index is 0.183. The topological polar surface area (TPSA) is 69.0 Å². The van der Waals surface area contributed by atoms with Crippen LogP contribution in [0.2, 0.25) is 10.0 Å². The zero-order valence-electron chi connectivity index (χ0n) is 14.7. The molecule has 0 unspecified atom stereocenters. The highest BCUT2D eigenvalue weighted by molar-refractivity contribution is 6.42. The minimum atomic E-state index is -0.342. The number of rotatable bonds is 4. The number of nitrogens with zero attached hydrogens (tertiary/aromatic N) is 3. The van der Waals surface area contributed by atoms with Crippen molar-refractivity contribution in [2.24, 2.45) is 7.05 Å². The van der Waals surface area contributed by atoms with E-state index in [2.05, 4.69) is 15.3 Å². The van der Waals surface area contributed by atoms with E-state index in [0.717, 1.165) is 10.9 Å². The molecule has 0 aliphatic rings. The number of halogens is 2. The molecule has 0 atom stereocenters. The zero-order valence-corrected chi connectivity index (χ0v) is 16.2. The van der Waals surface area contributed by atoms with Gasteiger partial charge in [0.15, 0.2) is 0 Å². The van der Waals surface area contributed by atoms with E-state index < -0.39 is 0 Å². The summed E-state index contributed by atoms with van der Waals surface area (Å²) in [5, 5.41) is 4.46. The predicted octanol–water partition coefficient (Wildman–Crippen LogP) is 5.32. The van der Waals surface area contributed by atoms with Crippen molar-refractivity contribution in [3.63, 3.8) is 0 Å². The molecule has 0 fully saturated rings. The van der Waals surface area contributed by atoms with Crippen LogP contribution in [0.5, 0.6) is 11.8 Å². The van der Waals surface area contributed by atoms with E-state index >= 15 is 0 Å². The van der Waals surface area contributed by atoms with Crippen LogP contribution in [0.15, 0.2) is 61.1 Å². The Morgan fingerprint density at radius 1 is 1.04 bits per heavy atom. The fourth-order valence-corrected chi connectivity index (χ4v) is 3.00. The van der Waals surface area contributed by atoms with Gasteiger partial charge in [-0.25, -0.2) is 9.97 Å². The molecule has 0 saturated heterocycles. The van der Waals surface area contributed by atoms with Crippen LogP contribution < -0.4 is 10.1 Å². The fraction of sp³-hybridized carbons (Fsp3) is 0.0500. The molecule has 0 radical (unpaired) electrons. The summed E-state index contributed by atoms with van der Waals surface area (Å²) in [5.74, 6) is 0.289. The van der Waals surface area contributed by atoms with Gasteiger partial charge in [-0.15, -0.1) is 0 Å². The molecule has 6 nitrogen and oxygen atoms in total. The van der Waals surface area contributed by atoms with Gasteiger partial charge in [-0.1, -0.05) is 23.2 Å². The van der Waals surface area contributed by atoms with Crippen LogP contribution in [0.4, 0.5) is 5.69 Å². The van der Waals surface area contributed by atoms with Crippen LogP contribution >= 0.6 is 23.2 Å². The van der Waals surface area contributed by atoms with Crippen LogP contribution in [0.1, 0.15) is 10.4 Å². The molecule has 2 aromatic heterocycles. The highest BCUT2D eigenvalue weighted by Crippen LogP contribution is 2.25. The molecule has 0 bridgehead atoms. The molecule has 28 heavy (non-hydrogen) atoms. The first-order valence-electron chi connectivity index (χ1n) is 8.31. The first-order valence-corrected chi connectivity index (χ1v) is 9.06. The van der Waals surface area contributed by atoms with Gasteiger partial charge < -0.3 is 14.6 Å². The van der Waals surface area contributed by atoms with E-state index in [4.69, 9.17) is 27.9 Å². The van der Waals surface area contributed by atoms with Crippen LogP contribution in [-0.4, -0.2) is 20.4 Å². The standard InChI is InChI=1S/C20H14Cl2N4O2/c1-26-7-6-12-8-15(3-5-18(12)26)28-20-23-10-14(11-24-20)25-19(27)13-2-4-16(21)17(22)9-13/h2-11H,1H3,(H,25,27). The fourth-order valence-electron chi connectivity index (χ4n) is 2.70. The SMILES string of the molecule is Cn1ccc2cc(Oc3ncc(NC(=O)c4ccc(Cl)c(Cl)c4)cn3)ccc21. The quantitative estimate of drug-likeness (QED) is 0.492. The summed E-state index contributed by atoms with van der Waals surface area (Å²) in [6, 6.07) is 12.6. The maximum atomic E-state index is 12.3. The van der Waals surface area contributed by atoms with Gasteiger partial charge in [0.25, 0.3) is 5.91 Å². The Kier molecular flexibility index (Phi) is 4.90. The van der Waals surface area contributed by atoms with E-state index in [1.165, 1.54) is 18.5 Å². The Morgan fingerprint density at radius 3 is 2.57 bits per heavy atom. The van der Waals surface area contributed by atoms with Crippen molar-refractivity contribution in [1.29, 1.82) is 0 Å². The molecule has 2 aromatic carbocycles. The maximum absolute atomic E-state index is 12.3. The highest BCUT2D eigenvalue weighted by atomic mass is 35.5. The van der Waals surface area contributed by atoms with Crippen molar-refractivity contribution in [2.45, 2.75) is 0 Å². The lowest BCUT2D eigenvalue weighted by atomic mass is 10.2. The number of carbonyl (C=O) groups excluding carboxylic acids is 1. The van der Waals surface area contributed by atoms with Gasteiger partial charge in [0.2, 0.25) is 0 Å². The van der Waals surface area contributed by atoms with E-state index in [-0.39, 0.29) is 11.9 Å². The molecule has 4 aromatic rings. The number of aryl methyl sites for hydroxylation is 1. The molecule has 1 N–H and O–H groups in total. The summed E-state index contributed by atoms with van der Waals surface area (Å²) in [6.07, 6.45) is 4.92. The van der Waals surface area contributed by atoms with Crippen LogP contribution in [-0.2, 0) is 7.05 Å². The first-order chi connectivity index (χ1) is 13.5. The highest BCUT2D eigenvalue weighted by Gasteiger charge is 2.10. The van der Waals surface area contributed by atoms with Gasteiger partial charge in [-0.05, 0) is 42.5 Å². The summed E-state index contributed by atoms with van der Waals surface area (Å²) in [6.45, 7) is 0. The molecule has 0 spiro atoms. The number of fused-ring (bicyclic) bond motifs is 1. The summed E-state index contributed by atoms with van der Waals surface area (Å²) in [5.41, 5.74) is 1.92. The lowest BCUT2D eigenvalue weighted by molar-refractivity contribution is 0.102. The minimum Gasteiger partial charge on any atom is -0.424 e. The average Bonchev–Trinajstić information content (AvgIpc) is 3.06. The third-order valence-electron chi connectivity index (χ3n) is 4.13. The number of benzene rings is 2. The summed E-state index contributed by atoms with van der Waals surface area (Å²) in [7, 11) is 1.98. The number of nitrogens with one attached hydrogen (secondary N) is 1. The van der Waals surface area contributed by atoms with Crippen molar-refractivity contribution in [3.8, 4) is 11.8 Å². The van der Waals surface area contributed by atoms with E-state index in [1.807, 2.05) is 42.1 Å². The van der Waals surface area contributed by atoms with Gasteiger partial charge in [0, 0.05) is 29.7 Å². The van der Waals surface area contributed by atoms with E-state index in [0.29, 0.717) is 27.0 Å².